The minimum Gasteiger partial charge on any atom is -0.358 e. The standard InChI is InChI=1S/C24H34N4O2/c1-4-18(20-14-17-12-8-9-13-19(17)27-20)21(25)23(29)22(16-10-6-5-7-11-16)28-24(30)15(2)26-3/h8-9,12-16,18,22,25-27H,4-7,10-11H2,1-3H3,(H,28,30)/t15-,18+,22-/m0/s1. The zero-order chi connectivity index (χ0) is 21.7. The highest BCUT2D eigenvalue weighted by atomic mass is 16.2. The summed E-state index contributed by atoms with van der Waals surface area (Å²) < 4.78 is 0. The van der Waals surface area contributed by atoms with Crippen molar-refractivity contribution in [1.29, 1.82) is 5.41 Å². The summed E-state index contributed by atoms with van der Waals surface area (Å²) in [6, 6.07) is 9.00. The maximum Gasteiger partial charge on any atom is 0.237 e. The van der Waals surface area contributed by atoms with Gasteiger partial charge in [-0.2, -0.15) is 0 Å². The highest BCUT2D eigenvalue weighted by molar-refractivity contribution is 6.42. The summed E-state index contributed by atoms with van der Waals surface area (Å²) in [6.45, 7) is 3.78. The van der Waals surface area contributed by atoms with Crippen molar-refractivity contribution in [1.82, 2.24) is 15.6 Å². The molecule has 3 atom stereocenters. The highest BCUT2D eigenvalue weighted by Gasteiger charge is 2.36. The van der Waals surface area contributed by atoms with Crippen LogP contribution < -0.4 is 10.6 Å². The highest BCUT2D eigenvalue weighted by Crippen LogP contribution is 2.30. The number of carbonyl (C=O) groups excluding carboxylic acids is 2. The first-order valence-corrected chi connectivity index (χ1v) is 11.1. The van der Waals surface area contributed by atoms with E-state index < -0.39 is 6.04 Å². The van der Waals surface area contributed by atoms with E-state index in [4.69, 9.17) is 5.41 Å². The second-order valence-electron chi connectivity index (χ2n) is 8.45. The Hall–Kier alpha value is -2.47. The number of hydrogen-bond donors (Lipinski definition) is 4. The number of nitrogens with one attached hydrogen (secondary N) is 4. The van der Waals surface area contributed by atoms with Crippen LogP contribution in [0.1, 0.15) is 64.0 Å². The predicted molar refractivity (Wildman–Crippen MR) is 121 cm³/mol. The molecular weight excluding hydrogens is 376 g/mol. The van der Waals surface area contributed by atoms with Crippen molar-refractivity contribution in [2.45, 2.75) is 70.4 Å². The van der Waals surface area contributed by atoms with Crippen LogP contribution in [0.3, 0.4) is 0 Å². The van der Waals surface area contributed by atoms with Crippen molar-refractivity contribution in [2.24, 2.45) is 5.92 Å². The lowest BCUT2D eigenvalue weighted by atomic mass is 9.79. The van der Waals surface area contributed by atoms with Crippen molar-refractivity contribution in [3.8, 4) is 0 Å². The second-order valence-corrected chi connectivity index (χ2v) is 8.45. The molecule has 0 saturated heterocycles. The molecule has 0 unspecified atom stereocenters. The number of rotatable bonds is 9. The molecule has 1 aromatic carbocycles. The molecule has 1 aromatic heterocycles. The third-order valence-corrected chi connectivity index (χ3v) is 6.48. The minimum atomic E-state index is -0.625. The van der Waals surface area contributed by atoms with E-state index in [2.05, 4.69) is 15.6 Å². The van der Waals surface area contributed by atoms with Gasteiger partial charge in [0.2, 0.25) is 5.91 Å². The van der Waals surface area contributed by atoms with Gasteiger partial charge in [0.15, 0.2) is 5.78 Å². The van der Waals surface area contributed by atoms with Crippen molar-refractivity contribution in [3.63, 3.8) is 0 Å². The van der Waals surface area contributed by atoms with E-state index in [-0.39, 0.29) is 35.3 Å². The number of ketones is 1. The third-order valence-electron chi connectivity index (χ3n) is 6.48. The lowest BCUT2D eigenvalue weighted by Crippen LogP contribution is -2.53. The Morgan fingerprint density at radius 3 is 2.53 bits per heavy atom. The third kappa shape index (κ3) is 4.81. The molecule has 0 bridgehead atoms. The fraction of sp³-hybridized carbons (Fsp3) is 0.542. The Morgan fingerprint density at radius 2 is 1.90 bits per heavy atom. The van der Waals surface area contributed by atoms with Gasteiger partial charge in [0, 0.05) is 17.1 Å². The van der Waals surface area contributed by atoms with Gasteiger partial charge in [-0.1, -0.05) is 44.4 Å². The van der Waals surface area contributed by atoms with Crippen LogP contribution in [0.2, 0.25) is 0 Å². The van der Waals surface area contributed by atoms with Gasteiger partial charge in [-0.25, -0.2) is 0 Å². The van der Waals surface area contributed by atoms with Gasteiger partial charge in [0.25, 0.3) is 0 Å². The molecule has 3 rings (SSSR count). The van der Waals surface area contributed by atoms with Crippen LogP contribution in [0.15, 0.2) is 30.3 Å². The lowest BCUT2D eigenvalue weighted by Gasteiger charge is -2.31. The van der Waals surface area contributed by atoms with Crippen LogP contribution in [-0.4, -0.2) is 41.5 Å². The van der Waals surface area contributed by atoms with Gasteiger partial charge in [-0.3, -0.25) is 9.59 Å². The Morgan fingerprint density at radius 1 is 1.20 bits per heavy atom. The summed E-state index contributed by atoms with van der Waals surface area (Å²) in [5.74, 6) is -0.647. The Kier molecular flexibility index (Phi) is 7.43. The predicted octanol–water partition coefficient (Wildman–Crippen LogP) is 3.92. The first-order chi connectivity index (χ1) is 14.5. The average molecular weight is 411 g/mol. The normalized spacial score (nSPS) is 18.0. The quantitative estimate of drug-likeness (QED) is 0.472. The zero-order valence-electron chi connectivity index (χ0n) is 18.3. The van der Waals surface area contributed by atoms with Crippen molar-refractivity contribution in [2.75, 3.05) is 7.05 Å². The topological polar surface area (TPSA) is 97.8 Å². The van der Waals surface area contributed by atoms with Crippen molar-refractivity contribution in [3.05, 3.63) is 36.0 Å². The number of likely N-dealkylation sites (N-methyl/N-ethyl adjacent to an activating group) is 1. The first kappa shape index (κ1) is 22.2. The first-order valence-electron chi connectivity index (χ1n) is 11.1. The molecule has 162 valence electrons. The van der Waals surface area contributed by atoms with E-state index in [0.717, 1.165) is 42.3 Å². The van der Waals surface area contributed by atoms with E-state index in [1.165, 1.54) is 6.42 Å². The fourth-order valence-electron chi connectivity index (χ4n) is 4.48. The monoisotopic (exact) mass is 410 g/mol. The number of aromatic nitrogens is 1. The number of Topliss-reactive ketones (excluding diaryl/α,β-unsaturated/α-hetero) is 1. The Labute approximate surface area is 178 Å². The summed E-state index contributed by atoms with van der Waals surface area (Å²) >= 11 is 0. The molecule has 1 aliphatic rings. The summed E-state index contributed by atoms with van der Waals surface area (Å²) in [4.78, 5) is 29.5. The summed E-state index contributed by atoms with van der Waals surface area (Å²) in [5.41, 5.74) is 1.97. The van der Waals surface area contributed by atoms with Crippen LogP contribution in [0, 0.1) is 11.3 Å². The van der Waals surface area contributed by atoms with Crippen LogP contribution in [0.25, 0.3) is 10.9 Å². The van der Waals surface area contributed by atoms with Crippen LogP contribution in [-0.2, 0) is 9.59 Å². The summed E-state index contributed by atoms with van der Waals surface area (Å²) in [5, 5.41) is 15.8. The van der Waals surface area contributed by atoms with Crippen LogP contribution in [0.4, 0.5) is 0 Å². The number of amides is 1. The molecule has 0 spiro atoms. The number of hydrogen-bond acceptors (Lipinski definition) is 4. The number of fused-ring (bicyclic) bond motifs is 1. The van der Waals surface area contributed by atoms with Gasteiger partial charge in [0.1, 0.15) is 0 Å². The van der Waals surface area contributed by atoms with E-state index in [9.17, 15) is 9.59 Å². The SMILES string of the molecule is CC[C@@H](C(=N)C(=O)[C@@H](NC(=O)[C@H](C)NC)C1CCCCC1)c1cc2ccccc2[nH]1. The molecule has 1 heterocycles. The maximum atomic E-state index is 13.5. The molecule has 6 heteroatoms. The Balaban J connectivity index is 1.85. The van der Waals surface area contributed by atoms with Crippen molar-refractivity contribution >= 4 is 28.3 Å². The number of aromatic amines is 1. The number of H-pyrrole nitrogens is 1. The van der Waals surface area contributed by atoms with Crippen LogP contribution in [0.5, 0.6) is 0 Å². The Bertz CT molecular complexity index is 864. The van der Waals surface area contributed by atoms with Gasteiger partial charge >= 0.3 is 0 Å². The molecule has 30 heavy (non-hydrogen) atoms. The number of carbonyl (C=O) groups is 2. The molecule has 1 aliphatic carbocycles. The van der Waals surface area contributed by atoms with Gasteiger partial charge in [0.05, 0.1) is 17.8 Å². The zero-order valence-corrected chi connectivity index (χ0v) is 18.3. The van der Waals surface area contributed by atoms with Gasteiger partial charge in [-0.05, 0) is 56.7 Å². The molecule has 6 nitrogen and oxygen atoms in total. The number of para-hydroxylation sites is 1. The molecular formula is C24H34N4O2. The molecule has 1 fully saturated rings. The molecule has 0 radical (unpaired) electrons. The van der Waals surface area contributed by atoms with E-state index >= 15 is 0 Å². The average Bonchev–Trinajstić information content (AvgIpc) is 3.20. The van der Waals surface area contributed by atoms with Crippen LogP contribution >= 0.6 is 0 Å². The summed E-state index contributed by atoms with van der Waals surface area (Å²) in [6.07, 6.45) is 5.79. The molecule has 1 saturated carbocycles. The van der Waals surface area contributed by atoms with Crippen molar-refractivity contribution < 1.29 is 9.59 Å². The van der Waals surface area contributed by atoms with Gasteiger partial charge in [-0.15, -0.1) is 0 Å². The maximum absolute atomic E-state index is 13.5. The molecule has 0 aliphatic heterocycles. The second kappa shape index (κ2) is 10.0. The molecule has 2 aromatic rings. The van der Waals surface area contributed by atoms with Gasteiger partial charge < -0.3 is 21.0 Å². The fourth-order valence-corrected chi connectivity index (χ4v) is 4.48. The smallest absolute Gasteiger partial charge is 0.237 e. The number of benzene rings is 1. The largest absolute Gasteiger partial charge is 0.358 e. The summed E-state index contributed by atoms with van der Waals surface area (Å²) in [7, 11) is 1.73. The lowest BCUT2D eigenvalue weighted by molar-refractivity contribution is -0.127. The minimum absolute atomic E-state index is 0.0806. The van der Waals surface area contributed by atoms with E-state index in [1.54, 1.807) is 14.0 Å². The molecule has 1 amide bonds. The molecule has 4 N–H and O–H groups in total. The van der Waals surface area contributed by atoms with E-state index in [0.29, 0.717) is 6.42 Å². The van der Waals surface area contributed by atoms with E-state index in [1.807, 2.05) is 37.3 Å².